The highest BCUT2D eigenvalue weighted by Gasteiger charge is 2.45. The fourth-order valence-corrected chi connectivity index (χ4v) is 3.35. The van der Waals surface area contributed by atoms with Crippen molar-refractivity contribution < 1.29 is 19.1 Å². The molecule has 19 heavy (non-hydrogen) atoms. The maximum absolute atomic E-state index is 12.5. The summed E-state index contributed by atoms with van der Waals surface area (Å²) >= 11 is 1.65. The van der Waals surface area contributed by atoms with E-state index in [1.54, 1.807) is 23.6 Å². The maximum Gasteiger partial charge on any atom is 0.329 e. The van der Waals surface area contributed by atoms with Gasteiger partial charge in [0.05, 0.1) is 13.2 Å². The van der Waals surface area contributed by atoms with E-state index >= 15 is 0 Å². The molecule has 2 atom stereocenters. The second-order valence-corrected chi connectivity index (χ2v) is 5.95. The maximum atomic E-state index is 12.5. The van der Waals surface area contributed by atoms with Gasteiger partial charge in [-0.25, -0.2) is 4.79 Å². The van der Waals surface area contributed by atoms with E-state index in [9.17, 15) is 9.59 Å². The highest BCUT2D eigenvalue weighted by Crippen LogP contribution is 2.24. The Morgan fingerprint density at radius 3 is 3.00 bits per heavy atom. The minimum absolute atomic E-state index is 0.191. The van der Waals surface area contributed by atoms with Crippen molar-refractivity contribution >= 4 is 23.6 Å². The van der Waals surface area contributed by atoms with E-state index in [1.165, 1.54) is 0 Å². The summed E-state index contributed by atoms with van der Waals surface area (Å²) in [6, 6.07) is -0.521. The molecule has 7 heteroatoms. The summed E-state index contributed by atoms with van der Waals surface area (Å²) in [6.45, 7) is 3.33. The number of amides is 1. The molecule has 2 saturated heterocycles. The van der Waals surface area contributed by atoms with Crippen molar-refractivity contribution in [2.45, 2.75) is 24.9 Å². The van der Waals surface area contributed by atoms with E-state index in [-0.39, 0.29) is 18.5 Å². The molecular formula is C12H20N2O4S. The van der Waals surface area contributed by atoms with E-state index in [2.05, 4.69) is 0 Å². The Morgan fingerprint density at radius 2 is 2.37 bits per heavy atom. The molecule has 0 saturated carbocycles. The van der Waals surface area contributed by atoms with E-state index < -0.39 is 11.6 Å². The van der Waals surface area contributed by atoms with E-state index in [4.69, 9.17) is 15.2 Å². The van der Waals surface area contributed by atoms with Crippen molar-refractivity contribution in [2.75, 3.05) is 37.9 Å². The van der Waals surface area contributed by atoms with Gasteiger partial charge in [0.25, 0.3) is 0 Å². The smallest absolute Gasteiger partial charge is 0.329 e. The Labute approximate surface area is 117 Å². The van der Waals surface area contributed by atoms with Crippen LogP contribution in [0.15, 0.2) is 0 Å². The molecule has 2 aliphatic rings. The van der Waals surface area contributed by atoms with Gasteiger partial charge >= 0.3 is 5.97 Å². The summed E-state index contributed by atoms with van der Waals surface area (Å²) < 4.78 is 10.3. The average molecular weight is 288 g/mol. The lowest BCUT2D eigenvalue weighted by Crippen LogP contribution is -2.62. The second kappa shape index (κ2) is 6.11. The van der Waals surface area contributed by atoms with Crippen LogP contribution in [0.3, 0.4) is 0 Å². The SMILES string of the molecule is CCOC(=O)C1CSCCN1C(=O)C1(N)CCOC1. The third-order valence-electron chi connectivity index (χ3n) is 3.43. The van der Waals surface area contributed by atoms with Crippen molar-refractivity contribution in [3.05, 3.63) is 0 Å². The van der Waals surface area contributed by atoms with Crippen molar-refractivity contribution in [1.29, 1.82) is 0 Å². The van der Waals surface area contributed by atoms with Gasteiger partial charge in [0.2, 0.25) is 5.91 Å². The molecule has 2 rings (SSSR count). The Kier molecular flexibility index (Phi) is 4.70. The van der Waals surface area contributed by atoms with Crippen LogP contribution in [0.1, 0.15) is 13.3 Å². The molecule has 2 fully saturated rings. The first-order chi connectivity index (χ1) is 9.08. The normalized spacial score (nSPS) is 31.3. The number of carbonyl (C=O) groups is 2. The molecule has 108 valence electrons. The Balaban J connectivity index is 2.10. The summed E-state index contributed by atoms with van der Waals surface area (Å²) in [4.78, 5) is 26.0. The fourth-order valence-electron chi connectivity index (χ4n) is 2.32. The van der Waals surface area contributed by atoms with E-state index in [0.29, 0.717) is 31.9 Å². The first-order valence-corrected chi connectivity index (χ1v) is 7.66. The molecule has 2 N–H and O–H groups in total. The third-order valence-corrected chi connectivity index (χ3v) is 4.45. The fraction of sp³-hybridized carbons (Fsp3) is 0.833. The average Bonchev–Trinajstić information content (AvgIpc) is 2.86. The van der Waals surface area contributed by atoms with Gasteiger partial charge in [0.15, 0.2) is 0 Å². The molecular weight excluding hydrogens is 268 g/mol. The number of thioether (sulfide) groups is 1. The monoisotopic (exact) mass is 288 g/mol. The Bertz CT molecular complexity index is 358. The molecule has 0 aromatic rings. The molecule has 0 aliphatic carbocycles. The lowest BCUT2D eigenvalue weighted by Gasteiger charge is -2.37. The first kappa shape index (κ1) is 14.6. The quantitative estimate of drug-likeness (QED) is 0.712. The number of nitrogens with two attached hydrogens (primary N) is 1. The van der Waals surface area contributed by atoms with Gasteiger partial charge in [0, 0.05) is 24.7 Å². The van der Waals surface area contributed by atoms with Gasteiger partial charge in [-0.2, -0.15) is 11.8 Å². The molecule has 1 amide bonds. The molecule has 2 aliphatic heterocycles. The predicted octanol–water partition coefficient (Wildman–Crippen LogP) is -0.389. The van der Waals surface area contributed by atoms with Gasteiger partial charge in [-0.1, -0.05) is 0 Å². The van der Waals surface area contributed by atoms with Crippen LogP contribution in [-0.4, -0.2) is 66.2 Å². The van der Waals surface area contributed by atoms with Gasteiger partial charge in [-0.15, -0.1) is 0 Å². The Morgan fingerprint density at radius 1 is 1.58 bits per heavy atom. The predicted molar refractivity (Wildman–Crippen MR) is 71.8 cm³/mol. The summed E-state index contributed by atoms with van der Waals surface area (Å²) in [5, 5.41) is 0. The summed E-state index contributed by atoms with van der Waals surface area (Å²) in [6.07, 6.45) is 0.505. The van der Waals surface area contributed by atoms with Crippen molar-refractivity contribution in [2.24, 2.45) is 5.73 Å². The number of esters is 1. The van der Waals surface area contributed by atoms with Gasteiger partial charge in [-0.05, 0) is 13.3 Å². The van der Waals surface area contributed by atoms with Crippen LogP contribution >= 0.6 is 11.8 Å². The van der Waals surface area contributed by atoms with Gasteiger partial charge in [-0.3, -0.25) is 4.79 Å². The number of nitrogens with zero attached hydrogens (tertiary/aromatic N) is 1. The lowest BCUT2D eigenvalue weighted by molar-refractivity contribution is -0.155. The lowest BCUT2D eigenvalue weighted by atomic mass is 9.97. The summed E-state index contributed by atoms with van der Waals surface area (Å²) in [5.41, 5.74) is 5.12. The van der Waals surface area contributed by atoms with E-state index in [1.807, 2.05) is 0 Å². The standard InChI is InChI=1S/C12H20N2O4S/c1-2-18-10(15)9-7-19-6-4-14(9)11(16)12(13)3-5-17-8-12/h9H,2-8,13H2,1H3. The number of hydrogen-bond donors (Lipinski definition) is 1. The summed E-state index contributed by atoms with van der Waals surface area (Å²) in [7, 11) is 0. The van der Waals surface area contributed by atoms with Gasteiger partial charge in [0.1, 0.15) is 11.6 Å². The molecule has 6 nitrogen and oxygen atoms in total. The molecule has 2 heterocycles. The first-order valence-electron chi connectivity index (χ1n) is 6.50. The molecule has 0 bridgehead atoms. The largest absolute Gasteiger partial charge is 0.464 e. The molecule has 0 spiro atoms. The highest BCUT2D eigenvalue weighted by atomic mass is 32.2. The Hall–Kier alpha value is -0.790. The second-order valence-electron chi connectivity index (χ2n) is 4.80. The molecule has 2 unspecified atom stereocenters. The summed E-state index contributed by atoms with van der Waals surface area (Å²) in [5.74, 6) is 0.856. The van der Waals surface area contributed by atoms with Crippen molar-refractivity contribution in [3.8, 4) is 0 Å². The van der Waals surface area contributed by atoms with Crippen molar-refractivity contribution in [3.63, 3.8) is 0 Å². The van der Waals surface area contributed by atoms with Crippen LogP contribution in [0.25, 0.3) is 0 Å². The van der Waals surface area contributed by atoms with Crippen molar-refractivity contribution in [1.82, 2.24) is 4.90 Å². The molecule has 0 aromatic heterocycles. The van der Waals surface area contributed by atoms with Crippen LogP contribution < -0.4 is 5.73 Å². The zero-order valence-corrected chi connectivity index (χ0v) is 11.9. The number of ether oxygens (including phenoxy) is 2. The zero-order chi connectivity index (χ0) is 13.9. The van der Waals surface area contributed by atoms with Crippen LogP contribution in [-0.2, 0) is 19.1 Å². The minimum atomic E-state index is -0.979. The zero-order valence-electron chi connectivity index (χ0n) is 11.1. The van der Waals surface area contributed by atoms with Crippen LogP contribution in [0.4, 0.5) is 0 Å². The molecule has 0 radical (unpaired) electrons. The highest BCUT2D eigenvalue weighted by molar-refractivity contribution is 7.99. The van der Waals surface area contributed by atoms with Gasteiger partial charge < -0.3 is 20.1 Å². The van der Waals surface area contributed by atoms with Crippen LogP contribution in [0.5, 0.6) is 0 Å². The van der Waals surface area contributed by atoms with Crippen LogP contribution in [0, 0.1) is 0 Å². The third kappa shape index (κ3) is 3.04. The van der Waals surface area contributed by atoms with E-state index in [0.717, 1.165) is 5.75 Å². The van der Waals surface area contributed by atoms with Crippen LogP contribution in [0.2, 0.25) is 0 Å². The number of rotatable bonds is 3. The number of carbonyl (C=O) groups excluding carboxylic acids is 2. The minimum Gasteiger partial charge on any atom is -0.464 e. The number of hydrogen-bond acceptors (Lipinski definition) is 6. The molecule has 0 aromatic carbocycles. The topological polar surface area (TPSA) is 81.9 Å².